The van der Waals surface area contributed by atoms with E-state index in [4.69, 9.17) is 28.1 Å². The van der Waals surface area contributed by atoms with E-state index in [1.807, 2.05) is 0 Å². The highest BCUT2D eigenvalue weighted by Crippen LogP contribution is 2.16. The summed E-state index contributed by atoms with van der Waals surface area (Å²) in [5.41, 5.74) is 0.601. The molecule has 0 aromatic heterocycles. The van der Waals surface area contributed by atoms with Crippen LogP contribution in [0, 0.1) is 0 Å². The molecule has 1 aromatic carbocycles. The number of carbonyl (C=O) groups is 2. The number of nitrogens with zero attached hydrogens (tertiary/aromatic N) is 1. The number of hydrogen-bond donors (Lipinski definition) is 1. The van der Waals surface area contributed by atoms with Crippen LogP contribution in [0.5, 0.6) is 5.75 Å². The van der Waals surface area contributed by atoms with Gasteiger partial charge in [-0.1, -0.05) is 0 Å². The number of ether oxygens (including phenoxy) is 1. The molecule has 0 aliphatic carbocycles. The van der Waals surface area contributed by atoms with Gasteiger partial charge in [0.1, 0.15) is 5.75 Å². The Bertz CT molecular complexity index is 421. The number of nitrogens with one attached hydrogen (secondary N) is 1. The van der Waals surface area contributed by atoms with Crippen LogP contribution < -0.4 is 10.1 Å². The second-order valence-electron chi connectivity index (χ2n) is 3.36. The molecule has 0 bridgehead atoms. The molecule has 0 fully saturated rings. The number of hydrogen-bond acceptors (Lipinski definition) is 3. The van der Waals surface area contributed by atoms with Crippen molar-refractivity contribution < 1.29 is 14.3 Å². The number of rotatable bonds is 4. The summed E-state index contributed by atoms with van der Waals surface area (Å²) in [4.78, 5) is 22.4. The van der Waals surface area contributed by atoms with Gasteiger partial charge in [0.15, 0.2) is 0 Å². The zero-order valence-corrected chi connectivity index (χ0v) is 11.2. The summed E-state index contributed by atoms with van der Waals surface area (Å²) in [7, 11) is 1.37. The minimum atomic E-state index is -0.685. The van der Waals surface area contributed by atoms with Gasteiger partial charge in [-0.15, -0.1) is 11.6 Å². The SMILES string of the molecule is CN(Cl)C(=O)Oc1ccc(NC(=O)CCCl)cc1. The number of alkyl halides is 1. The van der Waals surface area contributed by atoms with E-state index in [-0.39, 0.29) is 18.2 Å². The predicted octanol–water partition coefficient (Wildman–Crippen LogP) is 2.84. The second kappa shape index (κ2) is 7.08. The Balaban J connectivity index is 2.57. The molecule has 0 atom stereocenters. The van der Waals surface area contributed by atoms with Gasteiger partial charge in [0.25, 0.3) is 0 Å². The Morgan fingerprint density at radius 2 is 1.94 bits per heavy atom. The maximum Gasteiger partial charge on any atom is 0.429 e. The van der Waals surface area contributed by atoms with Crippen molar-refractivity contribution in [2.45, 2.75) is 6.42 Å². The predicted molar refractivity (Wildman–Crippen MR) is 70.0 cm³/mol. The zero-order chi connectivity index (χ0) is 13.5. The topological polar surface area (TPSA) is 58.6 Å². The molecule has 1 rings (SSSR count). The Morgan fingerprint density at radius 3 is 2.44 bits per heavy atom. The van der Waals surface area contributed by atoms with E-state index in [2.05, 4.69) is 5.32 Å². The van der Waals surface area contributed by atoms with Crippen molar-refractivity contribution in [3.8, 4) is 5.75 Å². The summed E-state index contributed by atoms with van der Waals surface area (Å²) in [6.07, 6.45) is -0.439. The fourth-order valence-electron chi connectivity index (χ4n) is 1.08. The highest BCUT2D eigenvalue weighted by atomic mass is 35.5. The molecule has 0 heterocycles. The lowest BCUT2D eigenvalue weighted by Crippen LogP contribution is -2.20. The third-order valence-corrected chi connectivity index (χ3v) is 2.24. The minimum Gasteiger partial charge on any atom is -0.409 e. The quantitative estimate of drug-likeness (QED) is 0.685. The van der Waals surface area contributed by atoms with Gasteiger partial charge in [-0.3, -0.25) is 4.79 Å². The molecular weight excluding hydrogens is 279 g/mol. The van der Waals surface area contributed by atoms with Gasteiger partial charge in [0.2, 0.25) is 5.91 Å². The van der Waals surface area contributed by atoms with Crippen LogP contribution in [0.15, 0.2) is 24.3 Å². The van der Waals surface area contributed by atoms with Crippen molar-refractivity contribution in [2.24, 2.45) is 0 Å². The van der Waals surface area contributed by atoms with Gasteiger partial charge < -0.3 is 10.1 Å². The molecule has 0 saturated carbocycles. The molecule has 0 unspecified atom stereocenters. The third-order valence-electron chi connectivity index (χ3n) is 1.92. The van der Waals surface area contributed by atoms with Crippen molar-refractivity contribution in [1.82, 2.24) is 4.42 Å². The van der Waals surface area contributed by atoms with E-state index in [1.54, 1.807) is 24.3 Å². The van der Waals surface area contributed by atoms with Gasteiger partial charge in [0, 0.05) is 36.8 Å². The summed E-state index contributed by atoms with van der Waals surface area (Å²) >= 11 is 10.8. The van der Waals surface area contributed by atoms with E-state index in [1.165, 1.54) is 7.05 Å². The molecule has 5 nitrogen and oxygen atoms in total. The number of anilines is 1. The fraction of sp³-hybridized carbons (Fsp3) is 0.273. The van der Waals surface area contributed by atoms with Crippen molar-refractivity contribution in [3.63, 3.8) is 0 Å². The molecular formula is C11H12Cl2N2O3. The first-order chi connectivity index (χ1) is 8.52. The molecule has 18 heavy (non-hydrogen) atoms. The molecule has 2 amide bonds. The summed E-state index contributed by atoms with van der Waals surface area (Å²) in [5, 5.41) is 2.65. The van der Waals surface area contributed by atoms with Crippen molar-refractivity contribution in [1.29, 1.82) is 0 Å². The lowest BCUT2D eigenvalue weighted by molar-refractivity contribution is -0.115. The van der Waals surface area contributed by atoms with Gasteiger partial charge in [-0.2, -0.15) is 0 Å². The summed E-state index contributed by atoms with van der Waals surface area (Å²) in [6.45, 7) is 0. The van der Waals surface area contributed by atoms with Crippen LogP contribution in [0.1, 0.15) is 6.42 Å². The van der Waals surface area contributed by atoms with Crippen molar-refractivity contribution in [2.75, 3.05) is 18.2 Å². The second-order valence-corrected chi connectivity index (χ2v) is 4.24. The first-order valence-electron chi connectivity index (χ1n) is 5.10. The highest BCUT2D eigenvalue weighted by Gasteiger charge is 2.08. The maximum atomic E-state index is 11.3. The van der Waals surface area contributed by atoms with Gasteiger partial charge in [0.05, 0.1) is 0 Å². The standard InChI is InChI=1S/C11H12Cl2N2O3/c1-15(13)11(17)18-9-4-2-8(3-5-9)14-10(16)6-7-12/h2-5H,6-7H2,1H3,(H,14,16). The molecule has 0 aliphatic rings. The van der Waals surface area contributed by atoms with E-state index in [9.17, 15) is 9.59 Å². The van der Waals surface area contributed by atoms with Crippen LogP contribution in [-0.4, -0.2) is 29.3 Å². The van der Waals surface area contributed by atoms with E-state index in [0.29, 0.717) is 11.4 Å². The van der Waals surface area contributed by atoms with E-state index in [0.717, 1.165) is 4.42 Å². The summed E-state index contributed by atoms with van der Waals surface area (Å²) in [5.74, 6) is 0.432. The molecule has 0 spiro atoms. The van der Waals surface area contributed by atoms with E-state index < -0.39 is 6.09 Å². The van der Waals surface area contributed by atoms with Crippen LogP contribution in [0.3, 0.4) is 0 Å². The number of amides is 2. The van der Waals surface area contributed by atoms with Crippen LogP contribution in [0.25, 0.3) is 0 Å². The summed E-state index contributed by atoms with van der Waals surface area (Å²) < 4.78 is 5.71. The van der Waals surface area contributed by atoms with Gasteiger partial charge >= 0.3 is 6.09 Å². The zero-order valence-electron chi connectivity index (χ0n) is 9.65. The van der Waals surface area contributed by atoms with Crippen molar-refractivity contribution >= 4 is 41.1 Å². The Morgan fingerprint density at radius 1 is 1.33 bits per heavy atom. The Hall–Kier alpha value is -1.46. The molecule has 7 heteroatoms. The summed E-state index contributed by atoms with van der Waals surface area (Å²) in [6, 6.07) is 6.33. The molecule has 0 radical (unpaired) electrons. The Kier molecular flexibility index (Phi) is 5.74. The number of benzene rings is 1. The average molecular weight is 291 g/mol. The van der Waals surface area contributed by atoms with E-state index >= 15 is 0 Å². The van der Waals surface area contributed by atoms with Gasteiger partial charge in [-0.05, 0) is 24.3 Å². The van der Waals surface area contributed by atoms with Crippen molar-refractivity contribution in [3.05, 3.63) is 24.3 Å². The maximum absolute atomic E-state index is 11.3. The molecule has 1 N–H and O–H groups in total. The van der Waals surface area contributed by atoms with Crippen LogP contribution in [0.2, 0.25) is 0 Å². The highest BCUT2D eigenvalue weighted by molar-refractivity contribution is 6.20. The number of carbonyl (C=O) groups excluding carboxylic acids is 2. The van der Waals surface area contributed by atoms with Gasteiger partial charge in [-0.25, -0.2) is 9.21 Å². The third kappa shape index (κ3) is 4.81. The van der Waals surface area contributed by atoms with Crippen LogP contribution in [-0.2, 0) is 4.79 Å². The lowest BCUT2D eigenvalue weighted by atomic mass is 10.3. The molecule has 0 saturated heterocycles. The smallest absolute Gasteiger partial charge is 0.409 e. The number of halogens is 2. The van der Waals surface area contributed by atoms with Crippen LogP contribution >= 0.6 is 23.4 Å². The first-order valence-corrected chi connectivity index (χ1v) is 5.97. The average Bonchev–Trinajstić information content (AvgIpc) is 2.31. The normalized spacial score (nSPS) is 9.72. The molecule has 0 aliphatic heterocycles. The monoisotopic (exact) mass is 290 g/mol. The molecule has 98 valence electrons. The largest absolute Gasteiger partial charge is 0.429 e. The first kappa shape index (κ1) is 14.6. The minimum absolute atomic E-state index is 0.171. The Labute approximate surface area is 115 Å². The fourth-order valence-corrected chi connectivity index (χ4v) is 1.29. The lowest BCUT2D eigenvalue weighted by Gasteiger charge is -2.09. The molecule has 1 aromatic rings. The van der Waals surface area contributed by atoms with Crippen LogP contribution in [0.4, 0.5) is 10.5 Å².